The number of pyridine rings is 1. The van der Waals surface area contributed by atoms with Crippen LogP contribution in [0.1, 0.15) is 11.3 Å². The van der Waals surface area contributed by atoms with Gasteiger partial charge >= 0.3 is 0 Å². The quantitative estimate of drug-likeness (QED) is 0.376. The van der Waals surface area contributed by atoms with Crippen molar-refractivity contribution in [2.75, 3.05) is 42.8 Å². The Kier molecular flexibility index (Phi) is 5.76. The first-order valence-electron chi connectivity index (χ1n) is 9.14. The lowest BCUT2D eigenvalue weighted by atomic mass is 10.2. The molecule has 0 unspecified atom stereocenters. The molecule has 1 fully saturated rings. The van der Waals surface area contributed by atoms with Gasteiger partial charge in [0.05, 0.1) is 42.2 Å². The molecule has 10 heteroatoms. The highest BCUT2D eigenvalue weighted by Crippen LogP contribution is 2.28. The Morgan fingerprint density at radius 3 is 2.83 bits per heavy atom. The molecule has 0 radical (unpaired) electrons. The zero-order chi connectivity index (χ0) is 20.4. The van der Waals surface area contributed by atoms with Crippen LogP contribution < -0.4 is 10.2 Å². The monoisotopic (exact) mass is 429 g/mol. The topological polar surface area (TPSA) is 91.9 Å². The van der Waals surface area contributed by atoms with Crippen molar-refractivity contribution in [2.45, 2.75) is 11.7 Å². The fourth-order valence-corrected chi connectivity index (χ4v) is 3.95. The molecule has 1 aliphatic heterocycles. The number of morpholine rings is 1. The molecule has 1 N–H and O–H groups in total. The van der Waals surface area contributed by atoms with Gasteiger partial charge in [-0.1, -0.05) is 23.4 Å². The van der Waals surface area contributed by atoms with E-state index < -0.39 is 0 Å². The summed E-state index contributed by atoms with van der Waals surface area (Å²) in [6, 6.07) is 6.24. The SMILES string of the molecule is CSc1nc(Cl)c(C#N)c(NCc2nc3ccn(C)c3cc2N2CCOCC2)n1. The number of hydrogen-bond acceptors (Lipinski definition) is 8. The third kappa shape index (κ3) is 3.96. The lowest BCUT2D eigenvalue weighted by Crippen LogP contribution is -2.37. The zero-order valence-electron chi connectivity index (χ0n) is 16.1. The molecule has 150 valence electrons. The molecule has 0 aliphatic carbocycles. The molecule has 29 heavy (non-hydrogen) atoms. The minimum atomic E-state index is 0.147. The van der Waals surface area contributed by atoms with E-state index in [2.05, 4.69) is 36.9 Å². The number of thioether (sulfide) groups is 1. The zero-order valence-corrected chi connectivity index (χ0v) is 17.7. The molecule has 4 rings (SSSR count). The third-order valence-corrected chi connectivity index (χ3v) is 5.66. The largest absolute Gasteiger partial charge is 0.378 e. The van der Waals surface area contributed by atoms with Crippen molar-refractivity contribution in [3.8, 4) is 6.07 Å². The molecule has 4 heterocycles. The molecule has 0 saturated carbocycles. The predicted octanol–water partition coefficient (Wildman–Crippen LogP) is 3.06. The van der Waals surface area contributed by atoms with Gasteiger partial charge in [0.15, 0.2) is 16.1 Å². The number of fused-ring (bicyclic) bond motifs is 1. The lowest BCUT2D eigenvalue weighted by molar-refractivity contribution is 0.122. The van der Waals surface area contributed by atoms with Crippen LogP contribution in [-0.2, 0) is 18.3 Å². The van der Waals surface area contributed by atoms with Gasteiger partial charge in [0.25, 0.3) is 0 Å². The van der Waals surface area contributed by atoms with Gasteiger partial charge in [0.1, 0.15) is 11.6 Å². The molecule has 0 aromatic carbocycles. The van der Waals surface area contributed by atoms with Crippen molar-refractivity contribution in [3.05, 3.63) is 34.7 Å². The van der Waals surface area contributed by atoms with Gasteiger partial charge in [0, 0.05) is 26.3 Å². The van der Waals surface area contributed by atoms with Crippen molar-refractivity contribution in [1.82, 2.24) is 19.5 Å². The van der Waals surface area contributed by atoms with Crippen LogP contribution in [0.15, 0.2) is 23.5 Å². The van der Waals surface area contributed by atoms with E-state index >= 15 is 0 Å². The van der Waals surface area contributed by atoms with Crippen LogP contribution in [0.25, 0.3) is 11.0 Å². The summed E-state index contributed by atoms with van der Waals surface area (Å²) in [5.41, 5.74) is 4.17. The summed E-state index contributed by atoms with van der Waals surface area (Å²) in [6.45, 7) is 3.41. The van der Waals surface area contributed by atoms with Gasteiger partial charge in [-0.15, -0.1) is 0 Å². The molecule has 3 aromatic heterocycles. The van der Waals surface area contributed by atoms with E-state index in [0.717, 1.165) is 35.5 Å². The van der Waals surface area contributed by atoms with Crippen LogP contribution in [0.5, 0.6) is 0 Å². The molecule has 0 amide bonds. The summed E-state index contributed by atoms with van der Waals surface area (Å²) in [6.07, 6.45) is 3.86. The van der Waals surface area contributed by atoms with Crippen LogP contribution in [0.4, 0.5) is 11.5 Å². The number of nitriles is 1. The second-order valence-corrected chi connectivity index (χ2v) is 7.71. The summed E-state index contributed by atoms with van der Waals surface area (Å²) in [5.74, 6) is 0.416. The van der Waals surface area contributed by atoms with E-state index in [1.165, 1.54) is 11.8 Å². The van der Waals surface area contributed by atoms with Crippen LogP contribution in [0.3, 0.4) is 0 Å². The van der Waals surface area contributed by atoms with E-state index in [4.69, 9.17) is 21.3 Å². The maximum atomic E-state index is 9.46. The highest BCUT2D eigenvalue weighted by atomic mass is 35.5. The third-order valence-electron chi connectivity index (χ3n) is 4.84. The average Bonchev–Trinajstić information content (AvgIpc) is 3.11. The summed E-state index contributed by atoms with van der Waals surface area (Å²) < 4.78 is 7.56. The van der Waals surface area contributed by atoms with Gasteiger partial charge in [-0.05, 0) is 18.4 Å². The van der Waals surface area contributed by atoms with Crippen molar-refractivity contribution < 1.29 is 4.74 Å². The molecule has 1 aliphatic rings. The van der Waals surface area contributed by atoms with Crippen molar-refractivity contribution in [1.29, 1.82) is 5.26 Å². The maximum Gasteiger partial charge on any atom is 0.190 e. The Balaban J connectivity index is 1.70. The fourth-order valence-electron chi connectivity index (χ4n) is 3.32. The Morgan fingerprint density at radius 2 is 2.10 bits per heavy atom. The minimum absolute atomic E-state index is 0.147. The standard InChI is InChI=1S/C19H20ClN7OS/c1-26-4-3-13-15(26)9-16(27-5-7-28-8-6-27)14(23-13)11-22-18-12(10-21)17(20)24-19(25-18)29-2/h3-4,9H,5-8,11H2,1-2H3,(H,22,24,25). The van der Waals surface area contributed by atoms with E-state index in [9.17, 15) is 5.26 Å². The highest BCUT2D eigenvalue weighted by molar-refractivity contribution is 7.98. The fraction of sp³-hybridized carbons (Fsp3) is 0.368. The van der Waals surface area contributed by atoms with Gasteiger partial charge in [-0.2, -0.15) is 5.26 Å². The molecule has 0 atom stereocenters. The first-order valence-corrected chi connectivity index (χ1v) is 10.7. The van der Waals surface area contributed by atoms with Gasteiger partial charge < -0.3 is 19.5 Å². The van der Waals surface area contributed by atoms with E-state index in [1.54, 1.807) is 0 Å². The molecule has 3 aromatic rings. The van der Waals surface area contributed by atoms with Crippen LogP contribution in [0, 0.1) is 11.3 Å². The number of anilines is 2. The molecule has 8 nitrogen and oxygen atoms in total. The number of nitrogens with one attached hydrogen (secondary N) is 1. The molecular weight excluding hydrogens is 410 g/mol. The van der Waals surface area contributed by atoms with E-state index in [1.807, 2.05) is 25.6 Å². The van der Waals surface area contributed by atoms with Gasteiger partial charge in [-0.3, -0.25) is 0 Å². The number of hydrogen-bond donors (Lipinski definition) is 1. The Hall–Kier alpha value is -2.54. The smallest absolute Gasteiger partial charge is 0.190 e. The number of aryl methyl sites for hydroxylation is 1. The van der Waals surface area contributed by atoms with Crippen LogP contribution in [0.2, 0.25) is 5.15 Å². The van der Waals surface area contributed by atoms with E-state index in [0.29, 0.717) is 30.7 Å². The summed E-state index contributed by atoms with van der Waals surface area (Å²) in [5, 5.41) is 13.4. The summed E-state index contributed by atoms with van der Waals surface area (Å²) in [4.78, 5) is 15.7. The first-order chi connectivity index (χ1) is 14.1. The second kappa shape index (κ2) is 8.45. The number of rotatable bonds is 5. The Labute approximate surface area is 177 Å². The number of ether oxygens (including phenoxy) is 1. The van der Waals surface area contributed by atoms with Crippen LogP contribution in [-0.4, -0.2) is 52.1 Å². The second-order valence-electron chi connectivity index (χ2n) is 6.57. The summed E-state index contributed by atoms with van der Waals surface area (Å²) >= 11 is 7.53. The number of aromatic nitrogens is 4. The van der Waals surface area contributed by atoms with Crippen molar-refractivity contribution >= 4 is 45.9 Å². The summed E-state index contributed by atoms with van der Waals surface area (Å²) in [7, 11) is 2.01. The maximum absolute atomic E-state index is 9.46. The Morgan fingerprint density at radius 1 is 1.31 bits per heavy atom. The molecule has 1 saturated heterocycles. The molecular formula is C19H20ClN7OS. The Bertz CT molecular complexity index is 1090. The first kappa shape index (κ1) is 19.8. The van der Waals surface area contributed by atoms with Crippen molar-refractivity contribution in [3.63, 3.8) is 0 Å². The van der Waals surface area contributed by atoms with Crippen molar-refractivity contribution in [2.24, 2.45) is 7.05 Å². The average molecular weight is 430 g/mol. The minimum Gasteiger partial charge on any atom is -0.378 e. The predicted molar refractivity (Wildman–Crippen MR) is 115 cm³/mol. The normalized spacial score (nSPS) is 14.2. The number of nitrogens with zero attached hydrogens (tertiary/aromatic N) is 6. The molecule has 0 bridgehead atoms. The lowest BCUT2D eigenvalue weighted by Gasteiger charge is -2.30. The number of halogens is 1. The van der Waals surface area contributed by atoms with Gasteiger partial charge in [0.2, 0.25) is 0 Å². The van der Waals surface area contributed by atoms with Crippen LogP contribution >= 0.6 is 23.4 Å². The highest BCUT2D eigenvalue weighted by Gasteiger charge is 2.19. The van der Waals surface area contributed by atoms with E-state index in [-0.39, 0.29) is 10.7 Å². The van der Waals surface area contributed by atoms with Gasteiger partial charge in [-0.25, -0.2) is 15.0 Å². The molecule has 0 spiro atoms.